The first kappa shape index (κ1) is 15.4. The molecule has 0 bridgehead atoms. The predicted molar refractivity (Wildman–Crippen MR) is 75.6 cm³/mol. The molecule has 1 amide bonds. The molecule has 0 aliphatic carbocycles. The molecule has 0 aromatic carbocycles. The van der Waals surface area contributed by atoms with Crippen LogP contribution in [-0.4, -0.2) is 61.5 Å². The molecule has 0 aromatic rings. The van der Waals surface area contributed by atoms with Crippen LogP contribution in [-0.2, 0) is 4.79 Å². The minimum absolute atomic E-state index is 0.0170. The molecule has 4 nitrogen and oxygen atoms in total. The predicted octanol–water partition coefficient (Wildman–Crippen LogP) is 1.17. The Kier molecular flexibility index (Phi) is 6.09. The van der Waals surface area contributed by atoms with Crippen LogP contribution in [0.15, 0.2) is 0 Å². The molecule has 3 atom stereocenters. The molecule has 1 heterocycles. The number of hydrogen-bond acceptors (Lipinski definition) is 3. The average molecular weight is 255 g/mol. The molecule has 1 aliphatic rings. The van der Waals surface area contributed by atoms with Gasteiger partial charge in [0, 0.05) is 19.1 Å². The zero-order valence-electron chi connectivity index (χ0n) is 12.6. The highest BCUT2D eigenvalue weighted by molar-refractivity contribution is 5.82. The van der Waals surface area contributed by atoms with Crippen molar-refractivity contribution in [1.82, 2.24) is 15.1 Å². The summed E-state index contributed by atoms with van der Waals surface area (Å²) in [4.78, 5) is 16.8. The lowest BCUT2D eigenvalue weighted by Gasteiger charge is -2.37. The van der Waals surface area contributed by atoms with Gasteiger partial charge in [-0.25, -0.2) is 0 Å². The zero-order chi connectivity index (χ0) is 13.7. The largest absolute Gasteiger partial charge is 0.338 e. The van der Waals surface area contributed by atoms with Crippen molar-refractivity contribution in [3.05, 3.63) is 0 Å². The summed E-state index contributed by atoms with van der Waals surface area (Å²) in [6.45, 7) is 9.06. The van der Waals surface area contributed by atoms with E-state index in [4.69, 9.17) is 0 Å². The monoisotopic (exact) mass is 255 g/mol. The van der Waals surface area contributed by atoms with Gasteiger partial charge in [0.25, 0.3) is 0 Å². The third-order valence-corrected chi connectivity index (χ3v) is 3.82. The van der Waals surface area contributed by atoms with Crippen molar-refractivity contribution in [3.63, 3.8) is 0 Å². The molecule has 1 saturated heterocycles. The highest BCUT2D eigenvalue weighted by Gasteiger charge is 2.32. The van der Waals surface area contributed by atoms with Crippen molar-refractivity contribution in [2.24, 2.45) is 5.92 Å². The van der Waals surface area contributed by atoms with Crippen molar-refractivity contribution >= 4 is 5.91 Å². The number of nitrogens with zero attached hydrogens (tertiary/aromatic N) is 2. The van der Waals surface area contributed by atoms with Gasteiger partial charge >= 0.3 is 0 Å². The van der Waals surface area contributed by atoms with Gasteiger partial charge < -0.3 is 15.1 Å². The molecular formula is C14H29N3O. The summed E-state index contributed by atoms with van der Waals surface area (Å²) in [6.07, 6.45) is 2.34. The highest BCUT2D eigenvalue weighted by atomic mass is 16.2. The standard InChI is InChI=1S/C14H29N3O/c1-6-17(12(3)10-16(4)5)14(18)13-11(2)8-7-9-15-13/h11-13,15H,6-10H2,1-5H3. The van der Waals surface area contributed by atoms with E-state index in [2.05, 4.69) is 45.1 Å². The zero-order valence-corrected chi connectivity index (χ0v) is 12.6. The van der Waals surface area contributed by atoms with Crippen LogP contribution in [0.3, 0.4) is 0 Å². The lowest BCUT2D eigenvalue weighted by Crippen LogP contribution is -2.55. The van der Waals surface area contributed by atoms with Crippen LogP contribution in [0.4, 0.5) is 0 Å². The van der Waals surface area contributed by atoms with Crippen LogP contribution in [0.1, 0.15) is 33.6 Å². The summed E-state index contributed by atoms with van der Waals surface area (Å²) in [5, 5.41) is 3.39. The normalized spacial score (nSPS) is 26.1. The molecule has 106 valence electrons. The van der Waals surface area contributed by atoms with Crippen molar-refractivity contribution in [1.29, 1.82) is 0 Å². The first-order valence-corrected chi connectivity index (χ1v) is 7.16. The smallest absolute Gasteiger partial charge is 0.240 e. The third-order valence-electron chi connectivity index (χ3n) is 3.82. The lowest BCUT2D eigenvalue weighted by atomic mass is 9.91. The Bertz CT molecular complexity index is 268. The molecule has 0 aromatic heterocycles. The van der Waals surface area contributed by atoms with Crippen molar-refractivity contribution < 1.29 is 4.79 Å². The second kappa shape index (κ2) is 7.10. The number of nitrogens with one attached hydrogen (secondary N) is 1. The molecule has 0 radical (unpaired) electrons. The van der Waals surface area contributed by atoms with Gasteiger partial charge in [-0.1, -0.05) is 6.92 Å². The topological polar surface area (TPSA) is 35.6 Å². The fourth-order valence-electron chi connectivity index (χ4n) is 2.87. The number of rotatable bonds is 5. The first-order valence-electron chi connectivity index (χ1n) is 7.16. The summed E-state index contributed by atoms with van der Waals surface area (Å²) < 4.78 is 0. The number of likely N-dealkylation sites (N-methyl/N-ethyl adjacent to an activating group) is 2. The number of amides is 1. The minimum atomic E-state index is 0.0170. The van der Waals surface area contributed by atoms with E-state index in [1.165, 1.54) is 6.42 Å². The molecule has 18 heavy (non-hydrogen) atoms. The van der Waals surface area contributed by atoms with Gasteiger partial charge in [0.05, 0.1) is 6.04 Å². The maximum Gasteiger partial charge on any atom is 0.240 e. The molecule has 0 spiro atoms. The Balaban J connectivity index is 2.65. The molecule has 1 rings (SSSR count). The molecule has 3 unspecified atom stereocenters. The maximum atomic E-state index is 12.6. The quantitative estimate of drug-likeness (QED) is 0.801. The van der Waals surface area contributed by atoms with Crippen LogP contribution < -0.4 is 5.32 Å². The van der Waals surface area contributed by atoms with Gasteiger partial charge in [0.2, 0.25) is 5.91 Å². The van der Waals surface area contributed by atoms with Crippen LogP contribution in [0.25, 0.3) is 0 Å². The van der Waals surface area contributed by atoms with Crippen LogP contribution >= 0.6 is 0 Å². The Morgan fingerprint density at radius 2 is 2.11 bits per heavy atom. The van der Waals surface area contributed by atoms with Crippen LogP contribution in [0, 0.1) is 5.92 Å². The van der Waals surface area contributed by atoms with Gasteiger partial charge in [-0.15, -0.1) is 0 Å². The third kappa shape index (κ3) is 3.95. The summed E-state index contributed by atoms with van der Waals surface area (Å²) in [5.41, 5.74) is 0. The fraction of sp³-hybridized carbons (Fsp3) is 0.929. The molecule has 1 fully saturated rings. The molecule has 1 aliphatic heterocycles. The van der Waals surface area contributed by atoms with Gasteiger partial charge in [-0.3, -0.25) is 4.79 Å². The Hall–Kier alpha value is -0.610. The summed E-state index contributed by atoms with van der Waals surface area (Å²) in [5.74, 6) is 0.728. The summed E-state index contributed by atoms with van der Waals surface area (Å²) >= 11 is 0. The van der Waals surface area contributed by atoms with E-state index in [9.17, 15) is 4.79 Å². The summed E-state index contributed by atoms with van der Waals surface area (Å²) in [6, 6.07) is 0.289. The molecular weight excluding hydrogens is 226 g/mol. The van der Waals surface area contributed by atoms with E-state index >= 15 is 0 Å². The minimum Gasteiger partial charge on any atom is -0.338 e. The SMILES string of the molecule is CCN(C(=O)C1NCCCC1C)C(C)CN(C)C. The Morgan fingerprint density at radius 3 is 2.61 bits per heavy atom. The maximum absolute atomic E-state index is 12.6. The highest BCUT2D eigenvalue weighted by Crippen LogP contribution is 2.18. The van der Waals surface area contributed by atoms with Gasteiger partial charge in [-0.2, -0.15) is 0 Å². The fourth-order valence-corrected chi connectivity index (χ4v) is 2.87. The van der Waals surface area contributed by atoms with Crippen molar-refractivity contribution in [2.75, 3.05) is 33.7 Å². The van der Waals surface area contributed by atoms with E-state index in [1.807, 2.05) is 4.90 Å². The van der Waals surface area contributed by atoms with Gasteiger partial charge in [0.15, 0.2) is 0 Å². The number of carbonyl (C=O) groups is 1. The van der Waals surface area contributed by atoms with E-state index in [-0.39, 0.29) is 18.0 Å². The van der Waals surface area contributed by atoms with E-state index in [0.717, 1.165) is 26.1 Å². The Morgan fingerprint density at radius 1 is 1.44 bits per heavy atom. The second-order valence-electron chi connectivity index (χ2n) is 5.79. The van der Waals surface area contributed by atoms with Gasteiger partial charge in [0.1, 0.15) is 0 Å². The van der Waals surface area contributed by atoms with Crippen LogP contribution in [0.5, 0.6) is 0 Å². The number of piperidine rings is 1. The number of hydrogen-bond donors (Lipinski definition) is 1. The summed E-state index contributed by atoms with van der Waals surface area (Å²) in [7, 11) is 4.10. The Labute approximate surface area is 112 Å². The molecule has 1 N–H and O–H groups in total. The van der Waals surface area contributed by atoms with Crippen molar-refractivity contribution in [3.8, 4) is 0 Å². The van der Waals surface area contributed by atoms with E-state index in [0.29, 0.717) is 5.92 Å². The van der Waals surface area contributed by atoms with E-state index < -0.39 is 0 Å². The van der Waals surface area contributed by atoms with Crippen molar-refractivity contribution in [2.45, 2.75) is 45.7 Å². The number of carbonyl (C=O) groups excluding carboxylic acids is 1. The van der Waals surface area contributed by atoms with Crippen LogP contribution in [0.2, 0.25) is 0 Å². The average Bonchev–Trinajstić information content (AvgIpc) is 2.29. The molecule has 0 saturated carbocycles. The molecule has 4 heteroatoms. The van der Waals surface area contributed by atoms with Gasteiger partial charge in [-0.05, 0) is 53.2 Å². The second-order valence-corrected chi connectivity index (χ2v) is 5.79. The van der Waals surface area contributed by atoms with E-state index in [1.54, 1.807) is 0 Å². The lowest BCUT2D eigenvalue weighted by molar-refractivity contribution is -0.137. The first-order chi connectivity index (χ1) is 8.47.